The summed E-state index contributed by atoms with van der Waals surface area (Å²) >= 11 is 0. The zero-order valence-corrected chi connectivity index (χ0v) is 21.4. The van der Waals surface area contributed by atoms with Crippen LogP contribution in [0, 0.1) is 88.8 Å². The number of nitrogens with zero attached hydrogens (tertiary/aromatic N) is 9. The first-order valence-corrected chi connectivity index (χ1v) is 11.8. The van der Waals surface area contributed by atoms with Crippen molar-refractivity contribution < 1.29 is 17.6 Å². The van der Waals surface area contributed by atoms with Crippen LogP contribution in [0.2, 0.25) is 0 Å². The fraction of sp³-hybridized carbons (Fsp3) is 0. The van der Waals surface area contributed by atoms with Gasteiger partial charge in [0.05, 0.1) is 49.1 Å². The summed E-state index contributed by atoms with van der Waals surface area (Å²) in [5, 5.41) is 40.4. The predicted octanol–water partition coefficient (Wildman–Crippen LogP) is 6.46. The Kier molecular flexibility index (Phi) is 6.76. The summed E-state index contributed by atoms with van der Waals surface area (Å²) in [4.78, 5) is 15.9. The highest BCUT2D eigenvalue weighted by molar-refractivity contribution is 6.30. The molecule has 2 aliphatic rings. The molecule has 0 atom stereocenters. The second-order valence-corrected chi connectivity index (χ2v) is 8.80. The highest BCUT2D eigenvalue weighted by atomic mass is 19.1. The van der Waals surface area contributed by atoms with Crippen LogP contribution < -0.4 is 0 Å². The van der Waals surface area contributed by atoms with Crippen molar-refractivity contribution in [3.05, 3.63) is 139 Å². The van der Waals surface area contributed by atoms with Crippen LogP contribution >= 0.6 is 0 Å². The Morgan fingerprint density at radius 2 is 1.14 bits per heavy atom. The van der Waals surface area contributed by atoms with E-state index in [4.69, 9.17) is 19.7 Å². The number of rotatable bonds is 2. The summed E-state index contributed by atoms with van der Waals surface area (Å²) < 4.78 is 56.9. The minimum Gasteiger partial charge on any atom is -0.237 e. The van der Waals surface area contributed by atoms with Crippen LogP contribution in [0.1, 0.15) is 38.9 Å². The van der Waals surface area contributed by atoms with Gasteiger partial charge in [-0.1, -0.05) is 0 Å². The quantitative estimate of drug-likeness (QED) is 0.148. The van der Waals surface area contributed by atoms with E-state index in [1.54, 1.807) is 12.1 Å². The average molecular weight is 579 g/mol. The number of hydrogen-bond donors (Lipinski definition) is 0. The maximum Gasteiger partial charge on any atom is 0.270 e. The Labute approximate surface area is 245 Å². The fourth-order valence-corrected chi connectivity index (χ4v) is 5.23. The van der Waals surface area contributed by atoms with E-state index in [0.717, 1.165) is 24.3 Å². The molecule has 0 aliphatic heterocycles. The lowest BCUT2D eigenvalue weighted by molar-refractivity contribution is 0.511. The number of hydrogen-bond acceptors (Lipinski definition) is 6. The van der Waals surface area contributed by atoms with Gasteiger partial charge >= 0.3 is 0 Å². The lowest BCUT2D eigenvalue weighted by Crippen LogP contribution is -2.00. The number of aromatic nitrogens is 2. The first-order valence-electron chi connectivity index (χ1n) is 11.8. The Bertz CT molecular complexity index is 2270. The number of benzene rings is 1. The molecule has 202 valence electrons. The predicted molar refractivity (Wildman–Crippen MR) is 144 cm³/mol. The minimum atomic E-state index is -1.29. The van der Waals surface area contributed by atoms with Crippen molar-refractivity contribution in [2.45, 2.75) is 0 Å². The first kappa shape index (κ1) is 28.2. The third-order valence-electron chi connectivity index (χ3n) is 6.69. The Balaban J connectivity index is 2.04. The van der Waals surface area contributed by atoms with Gasteiger partial charge in [0.1, 0.15) is 6.07 Å². The molecule has 2 aromatic heterocycles. The smallest absolute Gasteiger partial charge is 0.237 e. The van der Waals surface area contributed by atoms with Gasteiger partial charge in [0.15, 0.2) is 0 Å². The summed E-state index contributed by atoms with van der Waals surface area (Å²) in [6, 6.07) is 11.4. The van der Waals surface area contributed by atoms with Crippen LogP contribution in [0.4, 0.5) is 17.6 Å². The maximum absolute atomic E-state index is 14.2. The van der Waals surface area contributed by atoms with Crippen molar-refractivity contribution in [3.63, 3.8) is 0 Å². The van der Waals surface area contributed by atoms with Gasteiger partial charge in [-0.25, -0.2) is 25.1 Å². The molecule has 0 bridgehead atoms. The van der Waals surface area contributed by atoms with E-state index < -0.39 is 46.4 Å². The van der Waals surface area contributed by atoms with Crippen LogP contribution in [-0.2, 0) is 0 Å². The molecule has 44 heavy (non-hydrogen) atoms. The van der Waals surface area contributed by atoms with Crippen molar-refractivity contribution in [2.24, 2.45) is 0 Å². The third kappa shape index (κ3) is 4.03. The maximum atomic E-state index is 14.2. The van der Waals surface area contributed by atoms with E-state index in [-0.39, 0.29) is 61.2 Å². The molecule has 0 spiro atoms. The summed E-state index contributed by atoms with van der Waals surface area (Å²) in [5.74, 6) is -5.14. The molecule has 0 radical (unpaired) electrons. The van der Waals surface area contributed by atoms with Gasteiger partial charge in [-0.3, -0.25) is 0 Å². The van der Waals surface area contributed by atoms with Gasteiger partial charge in [0.25, 0.3) is 11.4 Å². The SMILES string of the molecule is [C-]#[N+]C1=C(c2cc(F)nc(F)c2)/C(=C(/C#N)[N+]#[C-])c2cc3c(c(C#N)c21)/C(=C(/C#N)[N+]#[C-])C(c1cc(F)nc(F)c1)=C3C#N. The monoisotopic (exact) mass is 579 g/mol. The molecule has 13 heteroatoms. The van der Waals surface area contributed by atoms with Crippen LogP contribution in [0.3, 0.4) is 0 Å². The third-order valence-corrected chi connectivity index (χ3v) is 6.69. The van der Waals surface area contributed by atoms with Crippen LogP contribution in [0.5, 0.6) is 0 Å². The van der Waals surface area contributed by atoms with E-state index in [1.165, 1.54) is 6.07 Å². The van der Waals surface area contributed by atoms with Gasteiger partial charge in [-0.05, 0) is 57.2 Å². The van der Waals surface area contributed by atoms with Crippen LogP contribution in [-0.4, -0.2) is 9.97 Å². The molecule has 0 saturated carbocycles. The van der Waals surface area contributed by atoms with E-state index >= 15 is 0 Å². The minimum absolute atomic E-state index is 0.117. The molecular formula is C31H5F4N9. The van der Waals surface area contributed by atoms with Gasteiger partial charge in [0.2, 0.25) is 29.5 Å². The van der Waals surface area contributed by atoms with Gasteiger partial charge in [-0.15, -0.1) is 0 Å². The van der Waals surface area contributed by atoms with Crippen molar-refractivity contribution in [1.29, 1.82) is 21.0 Å². The summed E-state index contributed by atoms with van der Waals surface area (Å²) in [7, 11) is 0. The average Bonchev–Trinajstić information content (AvgIpc) is 3.49. The van der Waals surface area contributed by atoms with Crippen molar-refractivity contribution in [1.82, 2.24) is 9.97 Å². The lowest BCUT2D eigenvalue weighted by Gasteiger charge is -2.14. The zero-order valence-electron chi connectivity index (χ0n) is 21.4. The fourth-order valence-electron chi connectivity index (χ4n) is 5.23. The van der Waals surface area contributed by atoms with E-state index in [0.29, 0.717) is 0 Å². The van der Waals surface area contributed by atoms with Crippen LogP contribution in [0.15, 0.2) is 41.7 Å². The number of halogens is 4. The molecule has 2 aliphatic carbocycles. The summed E-state index contributed by atoms with van der Waals surface area (Å²) in [6.45, 7) is 23.1. The topological polar surface area (TPSA) is 134 Å². The molecule has 3 aromatic rings. The number of pyridine rings is 2. The van der Waals surface area contributed by atoms with E-state index in [2.05, 4.69) is 24.5 Å². The van der Waals surface area contributed by atoms with Gasteiger partial charge in [0, 0.05) is 28.8 Å². The molecule has 9 nitrogen and oxygen atoms in total. The Morgan fingerprint density at radius 1 is 0.636 bits per heavy atom. The van der Waals surface area contributed by atoms with Crippen LogP contribution in [0.25, 0.3) is 48.1 Å². The number of nitriles is 4. The highest BCUT2D eigenvalue weighted by Crippen LogP contribution is 2.56. The van der Waals surface area contributed by atoms with E-state index in [1.807, 2.05) is 12.1 Å². The van der Waals surface area contributed by atoms with Gasteiger partial charge < -0.3 is 0 Å². The normalized spacial score (nSPS) is 15.0. The molecular weight excluding hydrogens is 574 g/mol. The molecule has 1 aromatic carbocycles. The number of fused-ring (bicyclic) bond motifs is 2. The molecule has 0 unspecified atom stereocenters. The second kappa shape index (κ2) is 10.6. The van der Waals surface area contributed by atoms with Gasteiger partial charge in [-0.2, -0.15) is 38.1 Å². The first-order chi connectivity index (χ1) is 21.2. The summed E-state index contributed by atoms with van der Waals surface area (Å²) in [5.41, 5.74) is -4.88. The largest absolute Gasteiger partial charge is 0.270 e. The molecule has 5 rings (SSSR count). The van der Waals surface area contributed by atoms with Crippen molar-refractivity contribution >= 4 is 33.6 Å². The van der Waals surface area contributed by atoms with E-state index in [9.17, 15) is 38.6 Å². The second-order valence-electron chi connectivity index (χ2n) is 8.80. The molecule has 0 amide bonds. The molecule has 0 N–H and O–H groups in total. The standard InChI is InChI=1S/C31H5F4N9/c1-40-19(11-38)29-16-8-15-17(9-36)25(13-4-21(32)43-22(33)5-13)30(20(12-39)41-2)27(15)18(10-37)28(16)31(42-3)26(29)14-6-23(34)44-24(35)7-14/h4-8H/b29-19-,30-20-. The highest BCUT2D eigenvalue weighted by Gasteiger charge is 2.40. The lowest BCUT2D eigenvalue weighted by atomic mass is 9.88. The van der Waals surface area contributed by atoms with Crippen molar-refractivity contribution in [2.75, 3.05) is 0 Å². The van der Waals surface area contributed by atoms with Crippen molar-refractivity contribution in [3.8, 4) is 24.3 Å². The number of allylic oxidation sites excluding steroid dienone is 7. The molecule has 0 saturated heterocycles. The molecule has 0 fully saturated rings. The summed E-state index contributed by atoms with van der Waals surface area (Å²) in [6.07, 6.45) is 0. The molecule has 2 heterocycles. The Morgan fingerprint density at radius 3 is 1.57 bits per heavy atom. The zero-order chi connectivity index (χ0) is 31.9. The Hall–Kier alpha value is -7.37.